The molecular formula is C21H17IN4O4S. The van der Waals surface area contributed by atoms with Crippen LogP contribution in [0.2, 0.25) is 0 Å². The van der Waals surface area contributed by atoms with Crippen molar-refractivity contribution in [1.29, 1.82) is 0 Å². The number of anilines is 1. The number of fused-ring (bicyclic) bond motifs is 3. The summed E-state index contributed by atoms with van der Waals surface area (Å²) in [5.41, 5.74) is 2.22. The number of halogens is 1. The van der Waals surface area contributed by atoms with Gasteiger partial charge in [0.2, 0.25) is 23.2 Å². The molecule has 1 atom stereocenters. The fourth-order valence-electron chi connectivity index (χ4n) is 3.30. The number of aromatic nitrogens is 3. The average molecular weight is 548 g/mol. The topological polar surface area (TPSA) is 94.5 Å². The van der Waals surface area contributed by atoms with Crippen molar-refractivity contribution in [2.75, 3.05) is 11.2 Å². The van der Waals surface area contributed by atoms with Crippen LogP contribution in [-0.2, 0) is 9.59 Å². The van der Waals surface area contributed by atoms with Crippen LogP contribution in [0.3, 0.4) is 0 Å². The maximum Gasteiger partial charge on any atom is 0.308 e. The molecular weight excluding hydrogens is 531 g/mol. The van der Waals surface area contributed by atoms with E-state index in [1.165, 1.54) is 30.5 Å². The van der Waals surface area contributed by atoms with Crippen LogP contribution < -0.4 is 14.4 Å². The van der Waals surface area contributed by atoms with Gasteiger partial charge in [0.05, 0.1) is 11.3 Å². The molecule has 0 fully saturated rings. The van der Waals surface area contributed by atoms with E-state index in [-0.39, 0.29) is 11.8 Å². The van der Waals surface area contributed by atoms with E-state index in [4.69, 9.17) is 9.47 Å². The first-order chi connectivity index (χ1) is 14.9. The molecule has 2 heterocycles. The molecule has 0 aliphatic carbocycles. The Labute approximate surface area is 196 Å². The normalized spacial score (nSPS) is 14.7. The zero-order valence-electron chi connectivity index (χ0n) is 16.8. The summed E-state index contributed by atoms with van der Waals surface area (Å²) in [5, 5.41) is 8.90. The predicted molar refractivity (Wildman–Crippen MR) is 124 cm³/mol. The summed E-state index contributed by atoms with van der Waals surface area (Å²) in [7, 11) is 0. The van der Waals surface area contributed by atoms with Crippen molar-refractivity contribution in [3.63, 3.8) is 0 Å². The summed E-state index contributed by atoms with van der Waals surface area (Å²) in [6, 6.07) is 12.6. The molecule has 8 nitrogen and oxygen atoms in total. The lowest BCUT2D eigenvalue weighted by Crippen LogP contribution is -2.36. The monoisotopic (exact) mass is 548 g/mol. The third-order valence-corrected chi connectivity index (χ3v) is 5.73. The molecule has 0 radical (unpaired) electrons. The molecule has 158 valence electrons. The summed E-state index contributed by atoms with van der Waals surface area (Å²) >= 11 is 3.49. The van der Waals surface area contributed by atoms with Crippen LogP contribution in [0.15, 0.2) is 47.6 Å². The van der Waals surface area contributed by atoms with Crippen LogP contribution in [0.4, 0.5) is 5.69 Å². The van der Waals surface area contributed by atoms with Crippen LogP contribution in [0.5, 0.6) is 11.6 Å². The number of rotatable bonds is 3. The molecule has 1 aliphatic rings. The van der Waals surface area contributed by atoms with Crippen molar-refractivity contribution in [2.45, 2.75) is 25.2 Å². The van der Waals surface area contributed by atoms with Gasteiger partial charge >= 0.3 is 5.97 Å². The van der Waals surface area contributed by atoms with Crippen molar-refractivity contribution in [2.24, 2.45) is 0 Å². The Morgan fingerprint density at radius 3 is 2.65 bits per heavy atom. The molecule has 0 saturated heterocycles. The highest BCUT2D eigenvalue weighted by atomic mass is 127. The SMILES string of the molecule is CSc1nnc2c(n1)O[C@H](c1cc(I)ccc1OC(C)=O)N(C(C)=O)c1ccccc1-2. The van der Waals surface area contributed by atoms with Crippen molar-refractivity contribution in [1.82, 2.24) is 15.2 Å². The van der Waals surface area contributed by atoms with Crippen LogP contribution in [0.1, 0.15) is 25.6 Å². The van der Waals surface area contributed by atoms with Gasteiger partial charge in [-0.15, -0.1) is 10.2 Å². The first kappa shape index (κ1) is 21.5. The number of hydrogen-bond donors (Lipinski definition) is 0. The Hall–Kier alpha value is -2.73. The average Bonchev–Trinajstić information content (AvgIpc) is 2.88. The molecule has 2 aromatic carbocycles. The third kappa shape index (κ3) is 4.22. The lowest BCUT2D eigenvalue weighted by Gasteiger charge is -2.30. The molecule has 0 saturated carbocycles. The molecule has 1 aliphatic heterocycles. The van der Waals surface area contributed by atoms with E-state index in [1.807, 2.05) is 42.7 Å². The molecule has 31 heavy (non-hydrogen) atoms. The minimum Gasteiger partial charge on any atom is -0.447 e. The molecule has 0 unspecified atom stereocenters. The van der Waals surface area contributed by atoms with Crippen molar-refractivity contribution >= 4 is 51.9 Å². The highest BCUT2D eigenvalue weighted by molar-refractivity contribution is 14.1. The number of carbonyl (C=O) groups is 2. The quantitative estimate of drug-likeness (QED) is 0.208. The van der Waals surface area contributed by atoms with Crippen LogP contribution in [0, 0.1) is 3.57 Å². The first-order valence-electron chi connectivity index (χ1n) is 9.21. The second-order valence-corrected chi connectivity index (χ2v) is 8.62. The minimum absolute atomic E-state index is 0.244. The van der Waals surface area contributed by atoms with E-state index in [0.29, 0.717) is 33.4 Å². The summed E-state index contributed by atoms with van der Waals surface area (Å²) in [6.07, 6.45) is 0.904. The highest BCUT2D eigenvalue weighted by Gasteiger charge is 2.36. The number of carbonyl (C=O) groups excluding carboxylic acids is 2. The molecule has 0 N–H and O–H groups in total. The lowest BCUT2D eigenvalue weighted by atomic mass is 10.1. The number of benzene rings is 2. The Morgan fingerprint density at radius 2 is 1.94 bits per heavy atom. The molecule has 0 spiro atoms. The fraction of sp³-hybridized carbons (Fsp3) is 0.190. The highest BCUT2D eigenvalue weighted by Crippen LogP contribution is 2.45. The van der Waals surface area contributed by atoms with Crippen LogP contribution in [-0.4, -0.2) is 33.3 Å². The van der Waals surface area contributed by atoms with Gasteiger partial charge in [0.25, 0.3) is 0 Å². The Bertz CT molecular complexity index is 1190. The number of hydrogen-bond acceptors (Lipinski definition) is 8. The lowest BCUT2D eigenvalue weighted by molar-refractivity contribution is -0.132. The smallest absolute Gasteiger partial charge is 0.308 e. The Morgan fingerprint density at radius 1 is 1.16 bits per heavy atom. The molecule has 4 rings (SSSR count). The zero-order valence-corrected chi connectivity index (χ0v) is 19.8. The number of thioether (sulfide) groups is 1. The van der Waals surface area contributed by atoms with Gasteiger partial charge in [-0.1, -0.05) is 30.0 Å². The third-order valence-electron chi connectivity index (χ3n) is 4.53. The Kier molecular flexibility index (Phi) is 6.10. The summed E-state index contributed by atoms with van der Waals surface area (Å²) in [4.78, 5) is 30.6. The van der Waals surface area contributed by atoms with Gasteiger partial charge in [-0.05, 0) is 53.1 Å². The number of esters is 1. The maximum atomic E-state index is 12.9. The van der Waals surface area contributed by atoms with Crippen molar-refractivity contribution < 1.29 is 19.1 Å². The second-order valence-electron chi connectivity index (χ2n) is 6.60. The van der Waals surface area contributed by atoms with E-state index in [2.05, 4.69) is 37.8 Å². The maximum absolute atomic E-state index is 12.9. The largest absolute Gasteiger partial charge is 0.447 e. The first-order valence-corrected chi connectivity index (χ1v) is 11.5. The van der Waals surface area contributed by atoms with E-state index in [9.17, 15) is 9.59 Å². The van der Waals surface area contributed by atoms with Gasteiger partial charge in [-0.3, -0.25) is 14.5 Å². The number of para-hydroxylation sites is 1. The molecule has 10 heteroatoms. The number of ether oxygens (including phenoxy) is 2. The van der Waals surface area contributed by atoms with Crippen molar-refractivity contribution in [3.8, 4) is 22.9 Å². The molecule has 3 aromatic rings. The molecule has 1 aromatic heterocycles. The molecule has 1 amide bonds. The summed E-state index contributed by atoms with van der Waals surface area (Å²) in [5.74, 6) is -0.179. The van der Waals surface area contributed by atoms with Gasteiger partial charge in [0.1, 0.15) is 5.75 Å². The number of nitrogens with zero attached hydrogens (tertiary/aromatic N) is 4. The molecule has 0 bridgehead atoms. The second kappa shape index (κ2) is 8.79. The van der Waals surface area contributed by atoms with E-state index < -0.39 is 12.2 Å². The summed E-state index contributed by atoms with van der Waals surface area (Å²) in [6.45, 7) is 2.78. The minimum atomic E-state index is -0.935. The van der Waals surface area contributed by atoms with Gasteiger partial charge < -0.3 is 9.47 Å². The van der Waals surface area contributed by atoms with E-state index in [0.717, 1.165) is 3.57 Å². The van der Waals surface area contributed by atoms with Crippen LogP contribution in [0.25, 0.3) is 11.3 Å². The Balaban J connectivity index is 1.99. The predicted octanol–water partition coefficient (Wildman–Crippen LogP) is 4.23. The summed E-state index contributed by atoms with van der Waals surface area (Å²) < 4.78 is 12.6. The number of amides is 1. The zero-order chi connectivity index (χ0) is 22.1. The standard InChI is InChI=1S/C21H17IN4O4S/c1-11(27)26-16-7-5-4-6-14(16)18-19(23-21(31-3)25-24-18)30-20(26)15-10-13(22)8-9-17(15)29-12(2)28/h4-10,20H,1-3H3/t20-/m1/s1. The van der Waals surface area contributed by atoms with Crippen LogP contribution >= 0.6 is 34.4 Å². The van der Waals surface area contributed by atoms with Gasteiger partial charge in [0, 0.05) is 23.0 Å². The van der Waals surface area contributed by atoms with E-state index >= 15 is 0 Å². The fourth-order valence-corrected chi connectivity index (χ4v) is 4.11. The van der Waals surface area contributed by atoms with Gasteiger partial charge in [-0.2, -0.15) is 4.98 Å². The van der Waals surface area contributed by atoms with E-state index in [1.54, 1.807) is 6.07 Å². The van der Waals surface area contributed by atoms with Crippen molar-refractivity contribution in [3.05, 3.63) is 51.6 Å². The van der Waals surface area contributed by atoms with Gasteiger partial charge in [0.15, 0.2) is 5.69 Å². The van der Waals surface area contributed by atoms with Gasteiger partial charge in [-0.25, -0.2) is 0 Å².